The van der Waals surface area contributed by atoms with Gasteiger partial charge in [0.15, 0.2) is 0 Å². The van der Waals surface area contributed by atoms with Gasteiger partial charge < -0.3 is 0 Å². The molecule has 0 aromatic carbocycles. The van der Waals surface area contributed by atoms with Gasteiger partial charge >= 0.3 is 78.5 Å². The zero-order valence-corrected chi connectivity index (χ0v) is 11.4. The molecular formula is C7H14NOTl. The Balaban J connectivity index is 3.74. The Bertz CT molecular complexity index is 123. The average Bonchev–Trinajstić information content (AvgIpc) is 1.59. The summed E-state index contributed by atoms with van der Waals surface area (Å²) in [7, 11) is 0. The molecule has 0 aliphatic rings. The van der Waals surface area contributed by atoms with Crippen molar-refractivity contribution in [3.05, 3.63) is 0 Å². The van der Waals surface area contributed by atoms with Crippen LogP contribution in [-0.2, 0) is 0 Å². The average molecular weight is 333 g/mol. The fraction of sp³-hybridized carbons (Fsp3) is 0.857. The van der Waals surface area contributed by atoms with Crippen molar-refractivity contribution < 1.29 is 4.79 Å². The van der Waals surface area contributed by atoms with Gasteiger partial charge in [0, 0.05) is 0 Å². The third kappa shape index (κ3) is 5.20. The van der Waals surface area contributed by atoms with Crippen LogP contribution in [-0.4, -0.2) is 34.8 Å². The van der Waals surface area contributed by atoms with Crippen molar-refractivity contribution in [2.45, 2.75) is 39.2 Å². The maximum absolute atomic E-state index is 10.7. The second kappa shape index (κ2) is 4.31. The van der Waals surface area contributed by atoms with Crippen molar-refractivity contribution >= 4 is 29.2 Å². The van der Waals surface area contributed by atoms with Crippen LogP contribution in [0.15, 0.2) is 0 Å². The molecule has 0 spiro atoms. The Morgan fingerprint density at radius 3 is 2.40 bits per heavy atom. The predicted molar refractivity (Wildman–Crippen MR) is 43.3 cm³/mol. The van der Waals surface area contributed by atoms with Crippen LogP contribution >= 0.6 is 0 Å². The Hall–Kier alpha value is 0.392. The molecule has 0 aromatic rings. The van der Waals surface area contributed by atoms with Crippen LogP contribution in [0.5, 0.6) is 0 Å². The molecule has 0 saturated heterocycles. The van der Waals surface area contributed by atoms with Gasteiger partial charge in [0.1, 0.15) is 0 Å². The van der Waals surface area contributed by atoms with E-state index in [4.69, 9.17) is 0 Å². The minimum atomic E-state index is 0.0145. The van der Waals surface area contributed by atoms with E-state index in [1.807, 2.05) is 0 Å². The van der Waals surface area contributed by atoms with E-state index in [9.17, 15) is 4.79 Å². The van der Waals surface area contributed by atoms with Gasteiger partial charge in [0.2, 0.25) is 0 Å². The summed E-state index contributed by atoms with van der Waals surface area (Å²) < 4.78 is 0.221. The van der Waals surface area contributed by atoms with E-state index in [-0.39, 0.29) is 9.01 Å². The van der Waals surface area contributed by atoms with Gasteiger partial charge in [-0.15, -0.1) is 0 Å². The summed E-state index contributed by atoms with van der Waals surface area (Å²) in [4.78, 5) is 10.7. The number of carbonyl (C=O) groups excluding carboxylic acids is 1. The van der Waals surface area contributed by atoms with Crippen molar-refractivity contribution in [3.63, 3.8) is 0 Å². The molecule has 0 aliphatic heterocycles. The van der Waals surface area contributed by atoms with Crippen LogP contribution in [0.2, 0.25) is 0 Å². The van der Waals surface area contributed by atoms with Crippen LogP contribution < -0.4 is 5.32 Å². The maximum atomic E-state index is 10.7. The van der Waals surface area contributed by atoms with E-state index in [1.165, 1.54) is 0 Å². The molecule has 2 nitrogen and oxygen atoms in total. The van der Waals surface area contributed by atoms with E-state index >= 15 is 0 Å². The summed E-state index contributed by atoms with van der Waals surface area (Å²) in [5.74, 6) is 0. The van der Waals surface area contributed by atoms with Gasteiger partial charge in [-0.2, -0.15) is 0 Å². The molecule has 0 unspecified atom stereocenters. The molecular weight excluding hydrogens is 318 g/mol. The molecule has 0 aliphatic carbocycles. The van der Waals surface area contributed by atoms with E-state index in [0.29, 0.717) is 25.8 Å². The van der Waals surface area contributed by atoms with Gasteiger partial charge in [0.05, 0.1) is 0 Å². The number of hydrogen-bond donors (Lipinski definition) is 1. The fourth-order valence-electron chi connectivity index (χ4n) is 1.02. The van der Waals surface area contributed by atoms with Crippen molar-refractivity contribution in [2.75, 3.05) is 0 Å². The normalized spacial score (nSPS) is 11.0. The number of rotatable bonds is 3. The number of hydrogen-bond acceptors (Lipinski definition) is 1. The molecule has 0 heterocycles. The SMILES string of the molecule is CCCC(C)(C)N[C](=O)[Tl]. The van der Waals surface area contributed by atoms with Crippen molar-refractivity contribution in [1.29, 1.82) is 0 Å². The summed E-state index contributed by atoms with van der Waals surface area (Å²) in [5, 5.41) is 2.96. The first kappa shape index (κ1) is 10.4. The second-order valence-electron chi connectivity index (χ2n) is 3.12. The van der Waals surface area contributed by atoms with Crippen molar-refractivity contribution in [2.24, 2.45) is 0 Å². The zero-order valence-electron chi connectivity index (χ0n) is 6.90. The standard InChI is InChI=1S/C7H14NO.Tl/c1-4-5-7(2,3)8-6-9;/h4-5H2,1-3H3,(H,8,9);. The number of amides is 1. The van der Waals surface area contributed by atoms with Gasteiger partial charge in [0.25, 0.3) is 0 Å². The summed E-state index contributed by atoms with van der Waals surface area (Å²) in [6.07, 6.45) is 2.18. The van der Waals surface area contributed by atoms with Gasteiger partial charge in [-0.05, 0) is 0 Å². The first-order valence-corrected chi connectivity index (χ1v) is 5.80. The van der Waals surface area contributed by atoms with E-state index in [2.05, 4.69) is 26.1 Å². The molecule has 0 fully saturated rings. The van der Waals surface area contributed by atoms with Crippen LogP contribution in [0.25, 0.3) is 0 Å². The second-order valence-corrected chi connectivity index (χ2v) is 5.16. The van der Waals surface area contributed by atoms with Crippen LogP contribution in [0, 0.1) is 0 Å². The van der Waals surface area contributed by atoms with Gasteiger partial charge in [-0.3, -0.25) is 0 Å². The van der Waals surface area contributed by atoms with Crippen molar-refractivity contribution in [1.82, 2.24) is 5.32 Å². The molecule has 0 aromatic heterocycles. The first-order chi connectivity index (χ1) is 4.48. The Kier molecular flexibility index (Phi) is 4.48. The molecule has 10 heavy (non-hydrogen) atoms. The third-order valence-corrected chi connectivity index (χ3v) is 1.90. The molecule has 0 rings (SSSR count). The van der Waals surface area contributed by atoms with Gasteiger partial charge in [-0.25, -0.2) is 0 Å². The van der Waals surface area contributed by atoms with Crippen LogP contribution in [0.3, 0.4) is 0 Å². The molecule has 0 bridgehead atoms. The molecule has 0 saturated carbocycles. The molecule has 1 N–H and O–H groups in total. The van der Waals surface area contributed by atoms with Crippen molar-refractivity contribution in [3.8, 4) is 0 Å². The number of nitrogens with one attached hydrogen (secondary N) is 1. The molecule has 56 valence electrons. The first-order valence-electron chi connectivity index (χ1n) is 3.55. The molecule has 1 amide bonds. The van der Waals surface area contributed by atoms with Crippen LogP contribution in [0.1, 0.15) is 33.6 Å². The summed E-state index contributed by atoms with van der Waals surface area (Å²) in [5.41, 5.74) is 0.0145. The summed E-state index contributed by atoms with van der Waals surface area (Å²) >= 11 is 0.418. The fourth-order valence-corrected chi connectivity index (χ4v) is 2.54. The Labute approximate surface area is 78.4 Å². The quantitative estimate of drug-likeness (QED) is 0.779. The third-order valence-electron chi connectivity index (χ3n) is 1.34. The van der Waals surface area contributed by atoms with E-state index in [1.54, 1.807) is 0 Å². The summed E-state index contributed by atoms with van der Waals surface area (Å²) in [6, 6.07) is 0. The molecule has 3 heteroatoms. The minimum absolute atomic E-state index is 0.0145. The molecule has 0 atom stereocenters. The Morgan fingerprint density at radius 2 is 2.10 bits per heavy atom. The van der Waals surface area contributed by atoms with E-state index in [0.717, 1.165) is 12.8 Å². The Morgan fingerprint density at radius 1 is 1.60 bits per heavy atom. The van der Waals surface area contributed by atoms with Gasteiger partial charge in [-0.1, -0.05) is 0 Å². The monoisotopic (exact) mass is 333 g/mol. The topological polar surface area (TPSA) is 29.1 Å². The van der Waals surface area contributed by atoms with E-state index < -0.39 is 0 Å². The summed E-state index contributed by atoms with van der Waals surface area (Å²) in [6.45, 7) is 6.26. The van der Waals surface area contributed by atoms with Crippen LogP contribution in [0.4, 0.5) is 4.79 Å². The molecule has 0 radical (unpaired) electrons. The predicted octanol–water partition coefficient (Wildman–Crippen LogP) is 1.44. The zero-order chi connectivity index (χ0) is 8.20. The number of carbonyl (C=O) groups is 1.